The Balaban J connectivity index is 4.58. The second-order valence-electron chi connectivity index (χ2n) is 14.2. The van der Waals surface area contributed by atoms with E-state index < -0.39 is 12.1 Å². The van der Waals surface area contributed by atoms with Gasteiger partial charge in [0.1, 0.15) is 13.2 Å². The number of hydrogen-bond acceptors (Lipinski definition) is 6. The van der Waals surface area contributed by atoms with E-state index in [-0.39, 0.29) is 44.4 Å². The van der Waals surface area contributed by atoms with Crippen LogP contribution >= 0.6 is 0 Å². The van der Waals surface area contributed by atoms with Crippen molar-refractivity contribution in [3.63, 3.8) is 0 Å². The van der Waals surface area contributed by atoms with Crippen LogP contribution < -0.4 is 0 Å². The summed E-state index contributed by atoms with van der Waals surface area (Å²) in [6, 6.07) is 0. The molecule has 59 heavy (non-hydrogen) atoms. The van der Waals surface area contributed by atoms with Crippen LogP contribution in [0, 0.1) is 0 Å². The molecule has 1 atom stereocenters. The molecule has 328 valence electrons. The Morgan fingerprint density at radius 1 is 0.356 bits per heavy atom. The van der Waals surface area contributed by atoms with E-state index in [2.05, 4.69) is 130 Å². The van der Waals surface area contributed by atoms with Crippen LogP contribution in [0.5, 0.6) is 0 Å². The molecule has 0 aromatic heterocycles. The fourth-order valence-electron chi connectivity index (χ4n) is 5.39. The van der Waals surface area contributed by atoms with E-state index in [9.17, 15) is 14.4 Å². The SMILES string of the molecule is CC/C=C\C/C=C\C/C=C\C/C=C\C/C=C\CCC(=O)OCC(COC(=O)C/C=C\C/C=C\C/C=C\CC)OC(=O)CCCCCCCC/C=C\C/C=C\C/C=C\CC. The van der Waals surface area contributed by atoms with E-state index in [4.69, 9.17) is 14.2 Å². The number of hydrogen-bond donors (Lipinski definition) is 0. The van der Waals surface area contributed by atoms with E-state index in [0.29, 0.717) is 6.42 Å². The average Bonchev–Trinajstić information content (AvgIpc) is 3.23. The van der Waals surface area contributed by atoms with Gasteiger partial charge < -0.3 is 14.2 Å². The van der Waals surface area contributed by atoms with Gasteiger partial charge in [-0.2, -0.15) is 0 Å². The molecule has 0 aliphatic rings. The molecule has 0 spiro atoms. The average molecular weight is 813 g/mol. The Morgan fingerprint density at radius 2 is 0.712 bits per heavy atom. The lowest BCUT2D eigenvalue weighted by molar-refractivity contribution is -0.166. The van der Waals surface area contributed by atoms with Crippen LogP contribution in [0.3, 0.4) is 0 Å². The largest absolute Gasteiger partial charge is 0.462 e. The normalized spacial score (nSPS) is 13.3. The topological polar surface area (TPSA) is 78.9 Å². The number of allylic oxidation sites excluding steroid dienone is 21. The molecule has 0 aliphatic heterocycles. The maximum absolute atomic E-state index is 12.7. The Kier molecular flexibility index (Phi) is 42.8. The third kappa shape index (κ3) is 44.5. The zero-order valence-electron chi connectivity index (χ0n) is 37.2. The van der Waals surface area contributed by atoms with Gasteiger partial charge in [0.05, 0.1) is 6.42 Å². The molecule has 0 radical (unpaired) electrons. The lowest BCUT2D eigenvalue weighted by Gasteiger charge is -2.18. The highest BCUT2D eigenvalue weighted by Crippen LogP contribution is 2.11. The number of carbonyl (C=O) groups excluding carboxylic acids is 3. The summed E-state index contributed by atoms with van der Waals surface area (Å²) in [6.07, 6.45) is 64.8. The molecule has 0 aliphatic carbocycles. The Bertz CT molecular complexity index is 1350. The maximum atomic E-state index is 12.7. The predicted octanol–water partition coefficient (Wildman–Crippen LogP) is 14.7. The maximum Gasteiger partial charge on any atom is 0.309 e. The summed E-state index contributed by atoms with van der Waals surface area (Å²) >= 11 is 0. The number of ether oxygens (including phenoxy) is 3. The van der Waals surface area contributed by atoms with Gasteiger partial charge in [0.25, 0.3) is 0 Å². The highest BCUT2D eigenvalue weighted by molar-refractivity contribution is 5.72. The molecule has 1 unspecified atom stereocenters. The molecule has 0 heterocycles. The van der Waals surface area contributed by atoms with Crippen molar-refractivity contribution in [2.24, 2.45) is 0 Å². The molecule has 0 saturated heterocycles. The van der Waals surface area contributed by atoms with Crippen molar-refractivity contribution >= 4 is 17.9 Å². The fourth-order valence-corrected chi connectivity index (χ4v) is 5.39. The van der Waals surface area contributed by atoms with Crippen LogP contribution in [-0.4, -0.2) is 37.2 Å². The van der Waals surface area contributed by atoms with Gasteiger partial charge in [0, 0.05) is 12.8 Å². The zero-order valence-corrected chi connectivity index (χ0v) is 37.2. The van der Waals surface area contributed by atoms with Crippen molar-refractivity contribution in [2.75, 3.05) is 13.2 Å². The molecule has 0 amide bonds. The lowest BCUT2D eigenvalue weighted by Crippen LogP contribution is -2.30. The first-order chi connectivity index (χ1) is 29.0. The van der Waals surface area contributed by atoms with Gasteiger partial charge in [0.2, 0.25) is 0 Å². The van der Waals surface area contributed by atoms with Gasteiger partial charge >= 0.3 is 17.9 Å². The summed E-state index contributed by atoms with van der Waals surface area (Å²) in [5.74, 6) is -1.19. The van der Waals surface area contributed by atoms with Crippen LogP contribution in [-0.2, 0) is 28.6 Å². The second-order valence-corrected chi connectivity index (χ2v) is 14.2. The molecule has 0 saturated carbocycles. The minimum atomic E-state index is -0.853. The molecule has 0 fully saturated rings. The van der Waals surface area contributed by atoms with Gasteiger partial charge in [-0.05, 0) is 96.3 Å². The standard InChI is InChI=1S/C53H80O6/c1-4-7-10-13-16-19-21-23-25-27-29-31-34-37-40-43-46-52(55)58-49-50(48-57-51(54)45-42-39-36-33-18-15-12-9-6-3)59-53(56)47-44-41-38-35-32-30-28-26-24-22-20-17-14-11-8-5-2/h7-12,16-20,23-26,29,31,33,37,39-40,42,50H,4-6,13-15,21-22,27-28,30,32,34-36,38,41,43-49H2,1-3H3/b10-7-,11-8-,12-9-,19-16-,20-17-,25-23-,26-24-,31-29-,33-18-,40-37-,42-39-. The van der Waals surface area contributed by atoms with E-state index in [0.717, 1.165) is 103 Å². The fraction of sp³-hybridized carbons (Fsp3) is 0.528. The monoisotopic (exact) mass is 813 g/mol. The Labute approximate surface area is 360 Å². The summed E-state index contributed by atoms with van der Waals surface area (Å²) in [6.45, 7) is 6.08. The van der Waals surface area contributed by atoms with Crippen LogP contribution in [0.15, 0.2) is 134 Å². The first-order valence-corrected chi connectivity index (χ1v) is 22.7. The van der Waals surface area contributed by atoms with Crippen LogP contribution in [0.1, 0.15) is 162 Å². The molecule has 0 N–H and O–H groups in total. The number of unbranched alkanes of at least 4 members (excludes halogenated alkanes) is 6. The zero-order chi connectivity index (χ0) is 43.0. The quantitative estimate of drug-likeness (QED) is 0.0267. The highest BCUT2D eigenvalue weighted by atomic mass is 16.6. The second kappa shape index (κ2) is 46.2. The molecular weight excluding hydrogens is 733 g/mol. The molecule has 0 bridgehead atoms. The summed E-state index contributed by atoms with van der Waals surface area (Å²) in [4.78, 5) is 37.6. The number of esters is 3. The van der Waals surface area contributed by atoms with Crippen LogP contribution in [0.4, 0.5) is 0 Å². The summed E-state index contributed by atoms with van der Waals surface area (Å²) in [5, 5.41) is 0. The first-order valence-electron chi connectivity index (χ1n) is 22.7. The summed E-state index contributed by atoms with van der Waals surface area (Å²) in [5.41, 5.74) is 0. The van der Waals surface area contributed by atoms with E-state index in [1.54, 1.807) is 6.08 Å². The molecular formula is C53H80O6. The van der Waals surface area contributed by atoms with E-state index in [1.165, 1.54) is 12.8 Å². The minimum Gasteiger partial charge on any atom is -0.462 e. The van der Waals surface area contributed by atoms with Crippen molar-refractivity contribution in [2.45, 2.75) is 168 Å². The molecule has 6 nitrogen and oxygen atoms in total. The molecule has 0 aromatic carbocycles. The first kappa shape index (κ1) is 54.6. The van der Waals surface area contributed by atoms with Crippen LogP contribution in [0.25, 0.3) is 0 Å². The van der Waals surface area contributed by atoms with Crippen molar-refractivity contribution in [3.05, 3.63) is 134 Å². The van der Waals surface area contributed by atoms with Crippen molar-refractivity contribution < 1.29 is 28.6 Å². The smallest absolute Gasteiger partial charge is 0.309 e. The summed E-state index contributed by atoms with van der Waals surface area (Å²) in [7, 11) is 0. The van der Waals surface area contributed by atoms with Crippen molar-refractivity contribution in [1.82, 2.24) is 0 Å². The minimum absolute atomic E-state index is 0.113. The van der Waals surface area contributed by atoms with Gasteiger partial charge in [-0.15, -0.1) is 0 Å². The Morgan fingerprint density at radius 3 is 1.17 bits per heavy atom. The molecule has 6 heteroatoms. The molecule has 0 rings (SSSR count). The van der Waals surface area contributed by atoms with Gasteiger partial charge in [-0.3, -0.25) is 14.4 Å². The molecule has 0 aromatic rings. The highest BCUT2D eigenvalue weighted by Gasteiger charge is 2.19. The van der Waals surface area contributed by atoms with Gasteiger partial charge in [-0.1, -0.05) is 180 Å². The number of rotatable bonds is 38. The predicted molar refractivity (Wildman–Crippen MR) is 251 cm³/mol. The van der Waals surface area contributed by atoms with Crippen molar-refractivity contribution in [3.8, 4) is 0 Å². The third-order valence-corrected chi connectivity index (χ3v) is 8.68. The van der Waals surface area contributed by atoms with Gasteiger partial charge in [-0.25, -0.2) is 0 Å². The van der Waals surface area contributed by atoms with E-state index in [1.807, 2.05) is 18.2 Å². The van der Waals surface area contributed by atoms with Crippen LogP contribution in [0.2, 0.25) is 0 Å². The summed E-state index contributed by atoms with van der Waals surface area (Å²) < 4.78 is 16.5. The lowest BCUT2D eigenvalue weighted by atomic mass is 10.1. The number of carbonyl (C=O) groups is 3. The van der Waals surface area contributed by atoms with Gasteiger partial charge in [0.15, 0.2) is 6.10 Å². The van der Waals surface area contributed by atoms with Crippen molar-refractivity contribution in [1.29, 1.82) is 0 Å². The van der Waals surface area contributed by atoms with E-state index >= 15 is 0 Å². The Hall–Kier alpha value is -4.45. The third-order valence-electron chi connectivity index (χ3n) is 8.68.